The molecule has 0 spiro atoms. The molecule has 3 aliphatic rings. The summed E-state index contributed by atoms with van der Waals surface area (Å²) in [5.41, 5.74) is 0. The molecular weight excluding hydrogens is 544 g/mol. The predicted octanol–water partition coefficient (Wildman–Crippen LogP) is 3.41. The number of carboxylic acids is 2. The molecule has 0 saturated carbocycles. The minimum atomic E-state index is -5.08. The third-order valence-corrected chi connectivity index (χ3v) is 7.57. The number of aliphatic carboxylic acids is 2. The zero-order chi connectivity index (χ0) is 28.7. The average molecular weight is 578 g/mol. The zero-order valence-electron chi connectivity index (χ0n) is 21.1. The molecular formula is C23H33F6N3O5S. The smallest absolute Gasteiger partial charge is 0.475 e. The monoisotopic (exact) mass is 577 g/mol. The number of halogens is 6. The van der Waals surface area contributed by atoms with Gasteiger partial charge in [0.2, 0.25) is 0 Å². The summed E-state index contributed by atoms with van der Waals surface area (Å²) in [5, 5.41) is 14.2. The Labute approximate surface area is 220 Å². The van der Waals surface area contributed by atoms with E-state index in [0.29, 0.717) is 6.10 Å². The molecule has 0 aromatic carbocycles. The molecule has 2 N–H and O–H groups in total. The van der Waals surface area contributed by atoms with Crippen LogP contribution in [-0.2, 0) is 20.9 Å². The first kappa shape index (κ1) is 32.3. The number of likely N-dealkylation sites (N-methyl/N-ethyl adjacent to an activating group) is 1. The summed E-state index contributed by atoms with van der Waals surface area (Å²) in [6.45, 7) is 12.7. The molecule has 3 aliphatic heterocycles. The number of piperidine rings is 1. The number of nitrogens with zero attached hydrogens (tertiary/aromatic N) is 3. The van der Waals surface area contributed by atoms with Crippen LogP contribution in [-0.4, -0.2) is 115 Å². The average Bonchev–Trinajstić information content (AvgIpc) is 3.40. The van der Waals surface area contributed by atoms with Crippen molar-refractivity contribution in [1.82, 2.24) is 14.7 Å². The van der Waals surface area contributed by atoms with Crippen LogP contribution in [0, 0.1) is 18.8 Å². The van der Waals surface area contributed by atoms with Crippen molar-refractivity contribution in [2.45, 2.75) is 38.3 Å². The number of piperazine rings is 1. The number of ether oxygens (including phenoxy) is 1. The molecule has 0 unspecified atom stereocenters. The number of aryl methyl sites for hydroxylation is 1. The molecule has 0 aliphatic carbocycles. The highest BCUT2D eigenvalue weighted by molar-refractivity contribution is 7.11. The Morgan fingerprint density at radius 3 is 2.00 bits per heavy atom. The van der Waals surface area contributed by atoms with Crippen LogP contribution in [0.3, 0.4) is 0 Å². The van der Waals surface area contributed by atoms with Gasteiger partial charge in [-0.05, 0) is 45.0 Å². The van der Waals surface area contributed by atoms with Gasteiger partial charge in [0.15, 0.2) is 0 Å². The molecule has 8 nitrogen and oxygen atoms in total. The second-order valence-corrected chi connectivity index (χ2v) is 10.9. The van der Waals surface area contributed by atoms with Crippen molar-refractivity contribution in [2.24, 2.45) is 11.8 Å². The number of rotatable bonds is 4. The maximum Gasteiger partial charge on any atom is 0.490 e. The number of fused-ring (bicyclic) bond motifs is 1. The Kier molecular flexibility index (Phi) is 11.8. The molecule has 3 saturated heterocycles. The Bertz CT molecular complexity index is 881. The van der Waals surface area contributed by atoms with E-state index in [1.54, 1.807) is 0 Å². The lowest BCUT2D eigenvalue weighted by atomic mass is 9.84. The number of alkyl halides is 6. The summed E-state index contributed by atoms with van der Waals surface area (Å²) in [4.78, 5) is 28.4. The Morgan fingerprint density at radius 2 is 1.53 bits per heavy atom. The molecule has 1 aromatic heterocycles. The number of carbonyl (C=O) groups is 2. The minimum absolute atomic E-state index is 0.450. The molecule has 218 valence electrons. The maximum absolute atomic E-state index is 10.6. The molecule has 0 bridgehead atoms. The summed E-state index contributed by atoms with van der Waals surface area (Å²) in [6, 6.07) is 4.56. The van der Waals surface area contributed by atoms with E-state index in [1.165, 1.54) is 55.4 Å². The standard InChI is InChI=1S/C19H31N3OS.2C2HF3O2/c1-15-3-4-17(24-15)11-22-6-5-16-14-23-19(18(16)12-22)13-21-9-7-20(2)8-10-21;2*3-2(4,5)1(6)7/h3-4,16,18-19H,5-14H2,1-2H3;2*(H,6,7)/t16-,18-,19+;;/m0../s1. The molecule has 0 radical (unpaired) electrons. The largest absolute Gasteiger partial charge is 0.490 e. The Morgan fingerprint density at radius 1 is 0.974 bits per heavy atom. The quantitative estimate of drug-likeness (QED) is 0.527. The van der Waals surface area contributed by atoms with Crippen LogP contribution in [0.1, 0.15) is 16.2 Å². The number of hydrogen-bond donors (Lipinski definition) is 2. The molecule has 3 atom stereocenters. The van der Waals surface area contributed by atoms with Gasteiger partial charge in [-0.15, -0.1) is 11.3 Å². The first-order valence-corrected chi connectivity index (χ1v) is 12.8. The lowest BCUT2D eigenvalue weighted by Crippen LogP contribution is -2.49. The summed E-state index contributed by atoms with van der Waals surface area (Å²) >= 11 is 1.95. The lowest BCUT2D eigenvalue weighted by molar-refractivity contribution is -0.193. The highest BCUT2D eigenvalue weighted by Gasteiger charge is 2.42. The normalized spacial score (nSPS) is 25.0. The van der Waals surface area contributed by atoms with Gasteiger partial charge in [-0.2, -0.15) is 26.3 Å². The van der Waals surface area contributed by atoms with Crippen molar-refractivity contribution >= 4 is 23.3 Å². The van der Waals surface area contributed by atoms with E-state index < -0.39 is 24.3 Å². The fraction of sp³-hybridized carbons (Fsp3) is 0.739. The van der Waals surface area contributed by atoms with E-state index in [0.717, 1.165) is 31.5 Å². The van der Waals surface area contributed by atoms with Crippen LogP contribution in [0.4, 0.5) is 26.3 Å². The number of likely N-dealkylation sites (tertiary alicyclic amines) is 1. The molecule has 3 fully saturated rings. The minimum Gasteiger partial charge on any atom is -0.475 e. The molecule has 1 aromatic rings. The third-order valence-electron chi connectivity index (χ3n) is 6.59. The van der Waals surface area contributed by atoms with Crippen LogP contribution in [0.2, 0.25) is 0 Å². The lowest BCUT2D eigenvalue weighted by Gasteiger charge is -2.38. The molecule has 0 amide bonds. The first-order valence-electron chi connectivity index (χ1n) is 12.0. The zero-order valence-corrected chi connectivity index (χ0v) is 21.9. The maximum atomic E-state index is 10.6. The SMILES string of the molecule is Cc1ccc(CN2CC[C@H]3CO[C@H](CN4CCN(C)CC4)[C@H]3C2)s1.O=C(O)C(F)(F)F.O=C(O)C(F)(F)F. The fourth-order valence-corrected chi connectivity index (χ4v) is 5.44. The third kappa shape index (κ3) is 10.7. The van der Waals surface area contributed by atoms with Gasteiger partial charge in [0.05, 0.1) is 12.7 Å². The van der Waals surface area contributed by atoms with Gasteiger partial charge in [0.1, 0.15) is 0 Å². The van der Waals surface area contributed by atoms with Crippen LogP contribution in [0.25, 0.3) is 0 Å². The van der Waals surface area contributed by atoms with Crippen molar-refractivity contribution in [3.8, 4) is 0 Å². The van der Waals surface area contributed by atoms with Gasteiger partial charge in [0, 0.05) is 61.5 Å². The summed E-state index contributed by atoms with van der Waals surface area (Å²) in [6.07, 6.45) is -8.40. The Hall–Kier alpha value is -1.94. The summed E-state index contributed by atoms with van der Waals surface area (Å²) < 4.78 is 69.7. The van der Waals surface area contributed by atoms with Gasteiger partial charge in [0.25, 0.3) is 0 Å². The van der Waals surface area contributed by atoms with Gasteiger partial charge < -0.3 is 19.8 Å². The second kappa shape index (κ2) is 13.9. The van der Waals surface area contributed by atoms with Crippen molar-refractivity contribution in [3.05, 3.63) is 21.9 Å². The highest BCUT2D eigenvalue weighted by atomic mass is 32.1. The predicted molar refractivity (Wildman–Crippen MR) is 127 cm³/mol. The van der Waals surface area contributed by atoms with Crippen molar-refractivity contribution < 1.29 is 50.9 Å². The topological polar surface area (TPSA) is 93.5 Å². The van der Waals surface area contributed by atoms with E-state index >= 15 is 0 Å². The van der Waals surface area contributed by atoms with Gasteiger partial charge in [-0.3, -0.25) is 9.80 Å². The van der Waals surface area contributed by atoms with E-state index in [2.05, 4.69) is 40.8 Å². The van der Waals surface area contributed by atoms with Crippen LogP contribution in [0.15, 0.2) is 12.1 Å². The van der Waals surface area contributed by atoms with E-state index in [-0.39, 0.29) is 0 Å². The van der Waals surface area contributed by atoms with E-state index in [4.69, 9.17) is 24.5 Å². The van der Waals surface area contributed by atoms with E-state index in [1.807, 2.05) is 11.3 Å². The van der Waals surface area contributed by atoms with Gasteiger partial charge in [-0.25, -0.2) is 9.59 Å². The van der Waals surface area contributed by atoms with Gasteiger partial charge >= 0.3 is 24.3 Å². The Balaban J connectivity index is 0.000000301. The molecule has 4 heterocycles. The van der Waals surface area contributed by atoms with Gasteiger partial charge in [-0.1, -0.05) is 0 Å². The van der Waals surface area contributed by atoms with Crippen molar-refractivity contribution in [3.63, 3.8) is 0 Å². The second-order valence-electron chi connectivity index (χ2n) is 9.54. The highest BCUT2D eigenvalue weighted by Crippen LogP contribution is 2.35. The van der Waals surface area contributed by atoms with Crippen LogP contribution >= 0.6 is 11.3 Å². The fourth-order valence-electron chi connectivity index (χ4n) is 4.51. The van der Waals surface area contributed by atoms with Crippen molar-refractivity contribution in [2.75, 3.05) is 59.5 Å². The van der Waals surface area contributed by atoms with E-state index in [9.17, 15) is 26.3 Å². The van der Waals surface area contributed by atoms with Crippen molar-refractivity contribution in [1.29, 1.82) is 0 Å². The number of carboxylic acid groups (broad SMARTS) is 2. The molecule has 15 heteroatoms. The van der Waals surface area contributed by atoms with Crippen LogP contribution < -0.4 is 0 Å². The first-order chi connectivity index (χ1) is 17.6. The van der Waals surface area contributed by atoms with Crippen LogP contribution in [0.5, 0.6) is 0 Å². The number of thiophene rings is 1. The molecule has 38 heavy (non-hydrogen) atoms. The number of hydrogen-bond acceptors (Lipinski definition) is 7. The summed E-state index contributed by atoms with van der Waals surface area (Å²) in [5.74, 6) is -3.98. The summed E-state index contributed by atoms with van der Waals surface area (Å²) in [7, 11) is 2.23. The molecule has 4 rings (SSSR count).